The Kier molecular flexibility index (Phi) is 4.91. The van der Waals surface area contributed by atoms with Gasteiger partial charge >= 0.3 is 0 Å². The third-order valence-corrected chi connectivity index (χ3v) is 4.30. The minimum Gasteiger partial charge on any atom is -0.438 e. The first kappa shape index (κ1) is 17.9. The predicted molar refractivity (Wildman–Crippen MR) is 107 cm³/mol. The molecule has 0 atom stereocenters. The van der Waals surface area contributed by atoms with Gasteiger partial charge in [-0.1, -0.05) is 48.0 Å². The van der Waals surface area contributed by atoms with E-state index in [4.69, 9.17) is 16.0 Å². The largest absolute Gasteiger partial charge is 0.438 e. The molecular weight excluding hydrogens is 379 g/mol. The number of amides is 1. The number of hydrogen-bond donors (Lipinski definition) is 1. The van der Waals surface area contributed by atoms with Crippen LogP contribution in [0.25, 0.3) is 11.0 Å². The van der Waals surface area contributed by atoms with E-state index in [1.807, 2.05) is 36.4 Å². The van der Waals surface area contributed by atoms with Gasteiger partial charge < -0.3 is 9.73 Å². The fourth-order valence-corrected chi connectivity index (χ4v) is 2.87. The Balaban J connectivity index is 1.87. The fraction of sp³-hybridized carbons (Fsp3) is 0. The zero-order valence-corrected chi connectivity index (χ0v) is 15.3. The van der Waals surface area contributed by atoms with Crippen LogP contribution in [-0.2, 0) is 0 Å². The van der Waals surface area contributed by atoms with Crippen LogP contribution >= 0.6 is 11.6 Å². The lowest BCUT2D eigenvalue weighted by Gasteiger charge is -2.07. The Labute approximate surface area is 164 Å². The van der Waals surface area contributed by atoms with Gasteiger partial charge in [-0.15, -0.1) is 0 Å². The van der Waals surface area contributed by atoms with Crippen LogP contribution in [0.4, 0.5) is 15.8 Å². The number of para-hydroxylation sites is 2. The summed E-state index contributed by atoms with van der Waals surface area (Å²) in [6, 6.07) is 22.0. The van der Waals surface area contributed by atoms with Crippen LogP contribution in [0.3, 0.4) is 0 Å². The lowest BCUT2D eigenvalue weighted by atomic mass is 10.1. The van der Waals surface area contributed by atoms with Crippen LogP contribution in [-0.4, -0.2) is 5.91 Å². The molecule has 0 aliphatic rings. The zero-order valence-electron chi connectivity index (χ0n) is 14.5. The average molecular weight is 393 g/mol. The highest BCUT2D eigenvalue weighted by atomic mass is 35.5. The first-order valence-corrected chi connectivity index (χ1v) is 8.87. The number of carbonyl (C=O) groups is 1. The normalized spacial score (nSPS) is 11.6. The second kappa shape index (κ2) is 7.66. The second-order valence-corrected chi connectivity index (χ2v) is 6.47. The maximum atomic E-state index is 14.2. The molecule has 0 saturated heterocycles. The number of carbonyl (C=O) groups excluding carboxylic acids is 1. The molecular formula is C22H14ClFN2O2. The van der Waals surface area contributed by atoms with Gasteiger partial charge in [-0.25, -0.2) is 9.38 Å². The van der Waals surface area contributed by atoms with Gasteiger partial charge in [0.25, 0.3) is 5.91 Å². The number of fused-ring (bicyclic) bond motifs is 1. The highest BCUT2D eigenvalue weighted by Gasteiger charge is 2.14. The molecule has 4 nitrogen and oxygen atoms in total. The predicted octanol–water partition coefficient (Wildman–Crippen LogP) is 5.71. The summed E-state index contributed by atoms with van der Waals surface area (Å²) in [6.07, 6.45) is 0. The molecule has 28 heavy (non-hydrogen) atoms. The zero-order chi connectivity index (χ0) is 19.5. The van der Waals surface area contributed by atoms with E-state index >= 15 is 0 Å². The van der Waals surface area contributed by atoms with E-state index in [-0.39, 0.29) is 21.8 Å². The van der Waals surface area contributed by atoms with E-state index in [2.05, 4.69) is 10.3 Å². The van der Waals surface area contributed by atoms with Crippen molar-refractivity contribution < 1.29 is 13.6 Å². The number of hydrogen-bond acceptors (Lipinski definition) is 3. The molecule has 1 N–H and O–H groups in total. The van der Waals surface area contributed by atoms with Crippen LogP contribution in [0.5, 0.6) is 0 Å². The summed E-state index contributed by atoms with van der Waals surface area (Å²) in [7, 11) is 0. The van der Waals surface area contributed by atoms with Crippen molar-refractivity contribution in [1.82, 2.24) is 0 Å². The van der Waals surface area contributed by atoms with E-state index in [0.717, 1.165) is 11.5 Å². The maximum absolute atomic E-state index is 14.2. The summed E-state index contributed by atoms with van der Waals surface area (Å²) in [5.74, 6) is -1.01. The minimum atomic E-state index is -0.606. The molecule has 3 aromatic carbocycles. The summed E-state index contributed by atoms with van der Waals surface area (Å²) in [5, 5.41) is 3.79. The van der Waals surface area contributed by atoms with Gasteiger partial charge in [0.1, 0.15) is 22.7 Å². The molecule has 1 amide bonds. The first-order valence-electron chi connectivity index (χ1n) is 8.49. The standard InChI is InChI=1S/C22H14ClFN2O2/c23-15-10-11-19(18(24)13-15)26-22-17(12-14-6-4-5-9-20(14)28-22)21(27)25-16-7-2-1-3-8-16/h1-13H,(H,25,27). The van der Waals surface area contributed by atoms with Gasteiger partial charge in [-0.2, -0.15) is 0 Å². The van der Waals surface area contributed by atoms with Crippen molar-refractivity contribution in [2.75, 3.05) is 5.32 Å². The number of benzene rings is 3. The molecule has 0 aliphatic heterocycles. The van der Waals surface area contributed by atoms with Crippen LogP contribution in [0.15, 0.2) is 88.3 Å². The van der Waals surface area contributed by atoms with Gasteiger partial charge in [-0.3, -0.25) is 4.79 Å². The quantitative estimate of drug-likeness (QED) is 0.485. The Morgan fingerprint density at radius 3 is 2.50 bits per heavy atom. The van der Waals surface area contributed by atoms with Crippen molar-refractivity contribution >= 4 is 39.9 Å². The van der Waals surface area contributed by atoms with Gasteiger partial charge in [-0.05, 0) is 42.5 Å². The van der Waals surface area contributed by atoms with Crippen molar-refractivity contribution in [3.8, 4) is 0 Å². The number of nitrogens with one attached hydrogen (secondary N) is 1. The van der Waals surface area contributed by atoms with Crippen LogP contribution in [0.1, 0.15) is 10.4 Å². The van der Waals surface area contributed by atoms with Crippen LogP contribution < -0.4 is 10.9 Å². The Morgan fingerprint density at radius 1 is 0.964 bits per heavy atom. The summed E-state index contributed by atoms with van der Waals surface area (Å²) < 4.78 is 20.0. The molecule has 0 unspecified atom stereocenters. The van der Waals surface area contributed by atoms with Crippen molar-refractivity contribution in [1.29, 1.82) is 0 Å². The van der Waals surface area contributed by atoms with E-state index in [9.17, 15) is 9.18 Å². The number of anilines is 1. The molecule has 4 aromatic rings. The lowest BCUT2D eigenvalue weighted by Crippen LogP contribution is -2.21. The maximum Gasteiger partial charge on any atom is 0.261 e. The van der Waals surface area contributed by atoms with E-state index in [1.165, 1.54) is 12.1 Å². The Hall–Kier alpha value is -3.44. The Morgan fingerprint density at radius 2 is 1.71 bits per heavy atom. The van der Waals surface area contributed by atoms with Gasteiger partial charge in [0.05, 0.1) is 0 Å². The fourth-order valence-electron chi connectivity index (χ4n) is 2.72. The molecule has 0 fully saturated rings. The molecule has 0 aliphatic carbocycles. The van der Waals surface area contributed by atoms with Gasteiger partial charge in [0.2, 0.25) is 5.55 Å². The summed E-state index contributed by atoms with van der Waals surface area (Å²) in [4.78, 5) is 17.1. The van der Waals surface area contributed by atoms with Crippen molar-refractivity contribution in [3.05, 3.63) is 101 Å². The SMILES string of the molecule is O=C(Nc1ccccc1)c1cc2ccccc2oc1=Nc1ccc(Cl)cc1F. The Bertz CT molecular complexity index is 1240. The number of nitrogens with zero attached hydrogens (tertiary/aromatic N) is 1. The highest BCUT2D eigenvalue weighted by Crippen LogP contribution is 2.22. The minimum absolute atomic E-state index is 0.00773. The third-order valence-electron chi connectivity index (χ3n) is 4.06. The van der Waals surface area contributed by atoms with E-state index < -0.39 is 11.7 Å². The molecule has 0 saturated carbocycles. The molecule has 1 aromatic heterocycles. The van der Waals surface area contributed by atoms with Gasteiger partial charge in [0, 0.05) is 16.1 Å². The number of rotatable bonds is 3. The average Bonchev–Trinajstić information content (AvgIpc) is 2.70. The monoisotopic (exact) mass is 392 g/mol. The smallest absolute Gasteiger partial charge is 0.261 e. The van der Waals surface area contributed by atoms with Crippen LogP contribution in [0, 0.1) is 5.82 Å². The number of halogens is 2. The van der Waals surface area contributed by atoms with Gasteiger partial charge in [0.15, 0.2) is 0 Å². The topological polar surface area (TPSA) is 54.6 Å². The molecule has 138 valence electrons. The third kappa shape index (κ3) is 3.80. The summed E-state index contributed by atoms with van der Waals surface area (Å²) in [6.45, 7) is 0. The second-order valence-electron chi connectivity index (χ2n) is 6.03. The lowest BCUT2D eigenvalue weighted by molar-refractivity contribution is 0.102. The van der Waals surface area contributed by atoms with Crippen LogP contribution in [0.2, 0.25) is 5.02 Å². The molecule has 0 spiro atoms. The molecule has 6 heteroatoms. The van der Waals surface area contributed by atoms with E-state index in [0.29, 0.717) is 11.3 Å². The van der Waals surface area contributed by atoms with Crippen molar-refractivity contribution in [2.45, 2.75) is 0 Å². The highest BCUT2D eigenvalue weighted by molar-refractivity contribution is 6.30. The van der Waals surface area contributed by atoms with Crippen molar-refractivity contribution in [2.24, 2.45) is 4.99 Å². The van der Waals surface area contributed by atoms with Crippen molar-refractivity contribution in [3.63, 3.8) is 0 Å². The molecule has 4 rings (SSSR count). The summed E-state index contributed by atoms with van der Waals surface area (Å²) in [5.41, 5.74) is 1.39. The molecule has 1 heterocycles. The van der Waals surface area contributed by atoms with E-state index in [1.54, 1.807) is 24.3 Å². The summed E-state index contributed by atoms with van der Waals surface area (Å²) >= 11 is 5.80. The first-order chi connectivity index (χ1) is 13.6. The molecule has 0 bridgehead atoms. The molecule has 0 radical (unpaired) electrons.